The summed E-state index contributed by atoms with van der Waals surface area (Å²) in [5, 5.41) is 7.02. The molecule has 3 rings (SSSR count). The van der Waals surface area contributed by atoms with Crippen molar-refractivity contribution in [3.05, 3.63) is 66.2 Å². The van der Waals surface area contributed by atoms with Crippen LogP contribution >= 0.6 is 0 Å². The van der Waals surface area contributed by atoms with Crippen molar-refractivity contribution in [2.45, 2.75) is 6.54 Å². The predicted molar refractivity (Wildman–Crippen MR) is 81.0 cm³/mol. The molecular weight excluding hydrogens is 282 g/mol. The molecule has 0 radical (unpaired) electrons. The summed E-state index contributed by atoms with van der Waals surface area (Å²) in [6, 6.07) is 12.4. The number of amides is 1. The molecule has 0 spiro atoms. The molecule has 0 bridgehead atoms. The van der Waals surface area contributed by atoms with E-state index in [0.717, 1.165) is 5.76 Å². The lowest BCUT2D eigenvalue weighted by molar-refractivity contribution is 0.102. The Kier molecular flexibility index (Phi) is 3.91. The number of ether oxygens (including phenoxy) is 1. The number of nitrogens with zero attached hydrogens (tertiary/aromatic N) is 2. The van der Waals surface area contributed by atoms with Crippen molar-refractivity contribution in [2.24, 2.45) is 0 Å². The van der Waals surface area contributed by atoms with Crippen molar-refractivity contribution in [3.63, 3.8) is 0 Å². The average Bonchev–Trinajstić information content (AvgIpc) is 3.20. The highest BCUT2D eigenvalue weighted by atomic mass is 16.5. The van der Waals surface area contributed by atoms with E-state index in [9.17, 15) is 4.79 Å². The Morgan fingerprint density at radius 1 is 1.32 bits per heavy atom. The fourth-order valence-electron chi connectivity index (χ4n) is 2.07. The Morgan fingerprint density at radius 2 is 2.23 bits per heavy atom. The van der Waals surface area contributed by atoms with Gasteiger partial charge in [-0.3, -0.25) is 4.79 Å². The molecule has 22 heavy (non-hydrogen) atoms. The van der Waals surface area contributed by atoms with Gasteiger partial charge in [0.1, 0.15) is 23.9 Å². The first kappa shape index (κ1) is 13.9. The van der Waals surface area contributed by atoms with Crippen LogP contribution in [0.1, 0.15) is 16.1 Å². The molecule has 1 aromatic carbocycles. The van der Waals surface area contributed by atoms with Crippen LogP contribution in [0, 0.1) is 0 Å². The first-order valence-corrected chi connectivity index (χ1v) is 6.76. The summed E-state index contributed by atoms with van der Waals surface area (Å²) >= 11 is 0. The van der Waals surface area contributed by atoms with Crippen LogP contribution in [0.15, 0.2) is 59.3 Å². The number of nitrogens with one attached hydrogen (secondary N) is 1. The third-order valence-corrected chi connectivity index (χ3v) is 3.18. The van der Waals surface area contributed by atoms with Gasteiger partial charge in [-0.15, -0.1) is 0 Å². The molecule has 0 fully saturated rings. The molecule has 2 heterocycles. The Balaban J connectivity index is 1.75. The maximum absolute atomic E-state index is 12.3. The van der Waals surface area contributed by atoms with Gasteiger partial charge in [0.05, 0.1) is 19.6 Å². The largest absolute Gasteiger partial charge is 0.497 e. The minimum Gasteiger partial charge on any atom is -0.497 e. The maximum atomic E-state index is 12.3. The zero-order valence-corrected chi connectivity index (χ0v) is 12.0. The van der Waals surface area contributed by atoms with E-state index in [2.05, 4.69) is 10.4 Å². The van der Waals surface area contributed by atoms with Crippen molar-refractivity contribution in [1.82, 2.24) is 9.78 Å². The molecule has 0 saturated heterocycles. The Hall–Kier alpha value is -3.02. The summed E-state index contributed by atoms with van der Waals surface area (Å²) in [5.74, 6) is 1.78. The molecule has 0 unspecified atom stereocenters. The van der Waals surface area contributed by atoms with Gasteiger partial charge in [-0.25, -0.2) is 4.68 Å². The highest BCUT2D eigenvalue weighted by molar-refractivity contribution is 6.04. The van der Waals surface area contributed by atoms with Crippen LogP contribution in [0.2, 0.25) is 0 Å². The standard InChI is InChI=1S/C16H15N3O3/c1-21-13-5-2-4-12(10-13)16(20)18-15-7-8-17-19(15)11-14-6-3-9-22-14/h2-10H,11H2,1H3,(H,18,20). The van der Waals surface area contributed by atoms with E-state index in [4.69, 9.17) is 9.15 Å². The van der Waals surface area contributed by atoms with Crippen LogP contribution in [-0.4, -0.2) is 22.8 Å². The van der Waals surface area contributed by atoms with Gasteiger partial charge in [0, 0.05) is 11.6 Å². The summed E-state index contributed by atoms with van der Waals surface area (Å²) in [5.41, 5.74) is 0.519. The molecule has 1 amide bonds. The van der Waals surface area contributed by atoms with E-state index in [1.54, 1.807) is 54.6 Å². The van der Waals surface area contributed by atoms with Crippen LogP contribution < -0.4 is 10.1 Å². The third-order valence-electron chi connectivity index (χ3n) is 3.18. The van der Waals surface area contributed by atoms with Crippen molar-refractivity contribution >= 4 is 11.7 Å². The number of rotatable bonds is 5. The molecule has 0 aliphatic rings. The van der Waals surface area contributed by atoms with Crippen molar-refractivity contribution in [1.29, 1.82) is 0 Å². The molecule has 2 aromatic heterocycles. The number of benzene rings is 1. The summed E-state index contributed by atoms with van der Waals surface area (Å²) in [6.45, 7) is 0.452. The van der Waals surface area contributed by atoms with Gasteiger partial charge in [-0.2, -0.15) is 5.10 Å². The second-order valence-corrected chi connectivity index (χ2v) is 4.64. The van der Waals surface area contributed by atoms with Gasteiger partial charge in [-0.05, 0) is 30.3 Å². The van der Waals surface area contributed by atoms with Gasteiger partial charge < -0.3 is 14.5 Å². The van der Waals surface area contributed by atoms with Crippen LogP contribution in [0.3, 0.4) is 0 Å². The lowest BCUT2D eigenvalue weighted by atomic mass is 10.2. The van der Waals surface area contributed by atoms with Gasteiger partial charge in [-0.1, -0.05) is 6.07 Å². The fourth-order valence-corrected chi connectivity index (χ4v) is 2.07. The van der Waals surface area contributed by atoms with Gasteiger partial charge in [0.2, 0.25) is 0 Å². The van der Waals surface area contributed by atoms with Crippen molar-refractivity contribution in [2.75, 3.05) is 12.4 Å². The SMILES string of the molecule is COc1cccc(C(=O)Nc2ccnn2Cc2ccco2)c1. The number of furan rings is 1. The number of aromatic nitrogens is 2. The summed E-state index contributed by atoms with van der Waals surface area (Å²) in [7, 11) is 1.56. The Labute approximate surface area is 127 Å². The first-order valence-electron chi connectivity index (χ1n) is 6.76. The van der Waals surface area contributed by atoms with Gasteiger partial charge >= 0.3 is 0 Å². The molecule has 0 aliphatic heterocycles. The topological polar surface area (TPSA) is 69.3 Å². The average molecular weight is 297 g/mol. The molecule has 0 saturated carbocycles. The molecule has 0 aliphatic carbocycles. The van der Waals surface area contributed by atoms with Crippen LogP contribution in [0.25, 0.3) is 0 Å². The van der Waals surface area contributed by atoms with Crippen LogP contribution in [0.4, 0.5) is 5.82 Å². The number of carbonyl (C=O) groups excluding carboxylic acids is 1. The maximum Gasteiger partial charge on any atom is 0.256 e. The zero-order chi connectivity index (χ0) is 15.4. The smallest absolute Gasteiger partial charge is 0.256 e. The molecule has 6 nitrogen and oxygen atoms in total. The second-order valence-electron chi connectivity index (χ2n) is 4.64. The quantitative estimate of drug-likeness (QED) is 0.786. The van der Waals surface area contributed by atoms with Crippen molar-refractivity contribution < 1.29 is 13.9 Å². The van der Waals surface area contributed by atoms with E-state index < -0.39 is 0 Å². The normalized spacial score (nSPS) is 10.4. The molecule has 6 heteroatoms. The van der Waals surface area contributed by atoms with Gasteiger partial charge in [0.15, 0.2) is 0 Å². The third kappa shape index (κ3) is 3.01. The molecule has 112 valence electrons. The highest BCUT2D eigenvalue weighted by Gasteiger charge is 2.11. The minimum atomic E-state index is -0.222. The van der Waals surface area contributed by atoms with E-state index in [1.165, 1.54) is 0 Å². The molecule has 1 N–H and O–H groups in total. The minimum absolute atomic E-state index is 0.222. The first-order chi connectivity index (χ1) is 10.8. The summed E-state index contributed by atoms with van der Waals surface area (Å²) < 4.78 is 12.1. The van der Waals surface area contributed by atoms with Crippen LogP contribution in [0.5, 0.6) is 5.75 Å². The molecule has 3 aromatic rings. The number of carbonyl (C=O) groups is 1. The zero-order valence-electron chi connectivity index (χ0n) is 12.0. The van der Waals surface area contributed by atoms with Gasteiger partial charge in [0.25, 0.3) is 5.91 Å². The lowest BCUT2D eigenvalue weighted by Gasteiger charge is -2.08. The monoisotopic (exact) mass is 297 g/mol. The lowest BCUT2D eigenvalue weighted by Crippen LogP contribution is -2.16. The number of methoxy groups -OCH3 is 1. The Morgan fingerprint density at radius 3 is 3.00 bits per heavy atom. The van der Waals surface area contributed by atoms with E-state index in [1.807, 2.05) is 12.1 Å². The van der Waals surface area contributed by atoms with Crippen molar-refractivity contribution in [3.8, 4) is 5.75 Å². The summed E-state index contributed by atoms with van der Waals surface area (Å²) in [6.07, 6.45) is 3.23. The van der Waals surface area contributed by atoms with E-state index >= 15 is 0 Å². The van der Waals surface area contributed by atoms with E-state index in [-0.39, 0.29) is 5.91 Å². The van der Waals surface area contributed by atoms with E-state index in [0.29, 0.717) is 23.7 Å². The Bertz CT molecular complexity index is 763. The summed E-state index contributed by atoms with van der Waals surface area (Å²) in [4.78, 5) is 12.3. The fraction of sp³-hybridized carbons (Fsp3) is 0.125. The predicted octanol–water partition coefficient (Wildman–Crippen LogP) is 2.79. The highest BCUT2D eigenvalue weighted by Crippen LogP contribution is 2.15. The molecular formula is C16H15N3O3. The number of anilines is 1. The second kappa shape index (κ2) is 6.17. The number of hydrogen-bond donors (Lipinski definition) is 1. The number of hydrogen-bond acceptors (Lipinski definition) is 4. The molecule has 0 atom stereocenters. The van der Waals surface area contributed by atoms with Crippen LogP contribution in [-0.2, 0) is 6.54 Å².